The molecule has 1 aromatic rings. The van der Waals surface area contributed by atoms with Gasteiger partial charge < -0.3 is 9.84 Å². The zero-order chi connectivity index (χ0) is 17.2. The minimum absolute atomic E-state index is 0.0982. The molecule has 1 aliphatic rings. The van der Waals surface area contributed by atoms with Crippen LogP contribution < -0.4 is 4.74 Å². The van der Waals surface area contributed by atoms with Crippen LogP contribution >= 0.6 is 0 Å². The first-order valence-electron chi connectivity index (χ1n) is 8.77. The second-order valence-corrected chi connectivity index (χ2v) is 7.72. The predicted molar refractivity (Wildman–Crippen MR) is 93.2 cm³/mol. The van der Waals surface area contributed by atoms with E-state index in [4.69, 9.17) is 9.84 Å². The van der Waals surface area contributed by atoms with Crippen molar-refractivity contribution in [1.82, 2.24) is 0 Å². The smallest absolute Gasteiger partial charge is 0.306 e. The summed E-state index contributed by atoms with van der Waals surface area (Å²) in [5.41, 5.74) is 2.65. The van der Waals surface area contributed by atoms with Crippen LogP contribution in [0.1, 0.15) is 70.9 Å². The summed E-state index contributed by atoms with van der Waals surface area (Å²) < 4.78 is 5.85. The van der Waals surface area contributed by atoms with Crippen molar-refractivity contribution in [2.24, 2.45) is 11.8 Å². The molecule has 3 nitrogen and oxygen atoms in total. The lowest BCUT2D eigenvalue weighted by Crippen LogP contribution is -2.13. The summed E-state index contributed by atoms with van der Waals surface area (Å²) in [5.74, 6) is 0.877. The van der Waals surface area contributed by atoms with Crippen LogP contribution in [0, 0.1) is 11.8 Å². The normalized spacial score (nSPS) is 21.8. The van der Waals surface area contributed by atoms with E-state index >= 15 is 0 Å². The first-order chi connectivity index (χ1) is 10.8. The highest BCUT2D eigenvalue weighted by Gasteiger charge is 2.44. The highest BCUT2D eigenvalue weighted by atomic mass is 16.5. The van der Waals surface area contributed by atoms with Crippen LogP contribution in [-0.2, 0) is 10.2 Å². The number of benzene rings is 1. The monoisotopic (exact) mass is 318 g/mol. The Morgan fingerprint density at radius 3 is 2.52 bits per heavy atom. The van der Waals surface area contributed by atoms with Crippen LogP contribution in [0.3, 0.4) is 0 Å². The fraction of sp³-hybridized carbons (Fsp3) is 0.650. The van der Waals surface area contributed by atoms with Crippen molar-refractivity contribution in [3.8, 4) is 5.75 Å². The third-order valence-corrected chi connectivity index (χ3v) is 4.94. The molecule has 1 N–H and O–H groups in total. The van der Waals surface area contributed by atoms with Gasteiger partial charge in [0.1, 0.15) is 5.75 Å². The number of hydrogen-bond acceptors (Lipinski definition) is 2. The average molecular weight is 318 g/mol. The molecule has 0 aromatic heterocycles. The van der Waals surface area contributed by atoms with E-state index in [1.54, 1.807) is 0 Å². The molecule has 1 saturated carbocycles. The Labute approximate surface area is 140 Å². The van der Waals surface area contributed by atoms with Gasteiger partial charge in [-0.3, -0.25) is 4.79 Å². The summed E-state index contributed by atoms with van der Waals surface area (Å²) in [6, 6.07) is 6.51. The zero-order valence-corrected chi connectivity index (χ0v) is 15.1. The summed E-state index contributed by atoms with van der Waals surface area (Å²) in [7, 11) is 0. The molecular weight excluding hydrogens is 288 g/mol. The first-order valence-corrected chi connectivity index (χ1v) is 8.77. The summed E-state index contributed by atoms with van der Waals surface area (Å²) in [4.78, 5) is 11.1. The topological polar surface area (TPSA) is 46.5 Å². The number of carboxylic acids is 1. The summed E-state index contributed by atoms with van der Waals surface area (Å²) in [5, 5.41) is 9.14. The second-order valence-electron chi connectivity index (χ2n) is 7.72. The molecule has 3 atom stereocenters. The minimum Gasteiger partial charge on any atom is -0.494 e. The van der Waals surface area contributed by atoms with Crippen LogP contribution in [0.5, 0.6) is 5.75 Å². The first kappa shape index (κ1) is 17.8. The van der Waals surface area contributed by atoms with Gasteiger partial charge in [0.15, 0.2) is 0 Å². The standard InChI is InChI=1S/C20H30O3/c1-6-13(10-14-11-17(14)19(21)22)16-12-15(20(3,4)5)8-9-18(16)23-7-2/h8-9,12-14,17H,6-7,10-11H2,1-5H3,(H,21,22). The molecule has 0 spiro atoms. The summed E-state index contributed by atoms with van der Waals surface area (Å²) >= 11 is 0. The van der Waals surface area contributed by atoms with E-state index < -0.39 is 5.97 Å². The van der Waals surface area contributed by atoms with E-state index in [0.717, 1.165) is 25.0 Å². The average Bonchev–Trinajstić information content (AvgIpc) is 3.24. The minimum atomic E-state index is -0.640. The van der Waals surface area contributed by atoms with Gasteiger partial charge in [-0.25, -0.2) is 0 Å². The molecule has 23 heavy (non-hydrogen) atoms. The van der Waals surface area contributed by atoms with Gasteiger partial charge in [0.2, 0.25) is 0 Å². The second kappa shape index (κ2) is 6.94. The van der Waals surface area contributed by atoms with E-state index in [9.17, 15) is 4.79 Å². The van der Waals surface area contributed by atoms with Gasteiger partial charge >= 0.3 is 5.97 Å². The van der Waals surface area contributed by atoms with Crippen molar-refractivity contribution < 1.29 is 14.6 Å². The highest BCUT2D eigenvalue weighted by molar-refractivity contribution is 5.73. The maximum Gasteiger partial charge on any atom is 0.306 e. The van der Waals surface area contributed by atoms with E-state index in [2.05, 4.69) is 45.9 Å². The van der Waals surface area contributed by atoms with Gasteiger partial charge in [0.25, 0.3) is 0 Å². The van der Waals surface area contributed by atoms with Gasteiger partial charge in [-0.05, 0) is 60.6 Å². The highest BCUT2D eigenvalue weighted by Crippen LogP contribution is 2.47. The molecule has 1 aromatic carbocycles. The van der Waals surface area contributed by atoms with Gasteiger partial charge in [0.05, 0.1) is 12.5 Å². The molecule has 3 heteroatoms. The van der Waals surface area contributed by atoms with Gasteiger partial charge in [-0.15, -0.1) is 0 Å². The lowest BCUT2D eigenvalue weighted by molar-refractivity contribution is -0.138. The lowest BCUT2D eigenvalue weighted by atomic mass is 9.82. The molecule has 1 aliphatic carbocycles. The van der Waals surface area contributed by atoms with Crippen molar-refractivity contribution >= 4 is 5.97 Å². The zero-order valence-electron chi connectivity index (χ0n) is 15.1. The largest absolute Gasteiger partial charge is 0.494 e. The quantitative estimate of drug-likeness (QED) is 0.770. The molecule has 1 fully saturated rings. The third-order valence-electron chi connectivity index (χ3n) is 4.94. The van der Waals surface area contributed by atoms with E-state index in [1.165, 1.54) is 11.1 Å². The van der Waals surface area contributed by atoms with Crippen LogP contribution in [0.15, 0.2) is 18.2 Å². The summed E-state index contributed by atoms with van der Waals surface area (Å²) in [6.07, 6.45) is 2.78. The van der Waals surface area contributed by atoms with Gasteiger partial charge in [0, 0.05) is 0 Å². The van der Waals surface area contributed by atoms with Crippen molar-refractivity contribution in [3.63, 3.8) is 0 Å². The Morgan fingerprint density at radius 2 is 2.04 bits per heavy atom. The van der Waals surface area contributed by atoms with Crippen LogP contribution in [0.2, 0.25) is 0 Å². The number of hydrogen-bond donors (Lipinski definition) is 1. The van der Waals surface area contributed by atoms with Crippen LogP contribution in [-0.4, -0.2) is 17.7 Å². The number of carbonyl (C=O) groups is 1. The Bertz CT molecular complexity index is 556. The third kappa shape index (κ3) is 4.27. The molecule has 0 aliphatic heterocycles. The molecule has 3 unspecified atom stereocenters. The van der Waals surface area contributed by atoms with E-state index in [-0.39, 0.29) is 11.3 Å². The molecule has 0 bridgehead atoms. The van der Waals surface area contributed by atoms with Gasteiger partial charge in [-0.1, -0.05) is 39.8 Å². The van der Waals surface area contributed by atoms with E-state index in [0.29, 0.717) is 18.4 Å². The Balaban J connectivity index is 2.27. The van der Waals surface area contributed by atoms with Crippen molar-refractivity contribution in [3.05, 3.63) is 29.3 Å². The van der Waals surface area contributed by atoms with E-state index in [1.807, 2.05) is 6.92 Å². The Kier molecular flexibility index (Phi) is 5.38. The summed E-state index contributed by atoms with van der Waals surface area (Å²) in [6.45, 7) is 11.5. The van der Waals surface area contributed by atoms with Crippen molar-refractivity contribution in [2.45, 2.75) is 65.2 Å². The number of rotatable bonds is 7. The van der Waals surface area contributed by atoms with Crippen LogP contribution in [0.4, 0.5) is 0 Å². The molecular formula is C20H30O3. The molecule has 128 valence electrons. The maximum atomic E-state index is 11.1. The Hall–Kier alpha value is -1.51. The maximum absolute atomic E-state index is 11.1. The predicted octanol–water partition coefficient (Wildman–Crippen LogP) is 4.99. The number of aliphatic carboxylic acids is 1. The Morgan fingerprint density at radius 1 is 1.35 bits per heavy atom. The molecule has 0 saturated heterocycles. The van der Waals surface area contributed by atoms with Crippen molar-refractivity contribution in [2.75, 3.05) is 6.61 Å². The number of ether oxygens (including phenoxy) is 1. The van der Waals surface area contributed by atoms with Gasteiger partial charge in [-0.2, -0.15) is 0 Å². The fourth-order valence-electron chi connectivity index (χ4n) is 3.31. The molecule has 0 heterocycles. The number of carboxylic acid groups (broad SMARTS) is 1. The lowest BCUT2D eigenvalue weighted by Gasteiger charge is -2.25. The van der Waals surface area contributed by atoms with Crippen LogP contribution in [0.25, 0.3) is 0 Å². The van der Waals surface area contributed by atoms with Crippen molar-refractivity contribution in [1.29, 1.82) is 0 Å². The molecule has 0 amide bonds. The molecule has 2 rings (SSSR count). The molecule has 0 radical (unpaired) electrons. The fourth-order valence-corrected chi connectivity index (χ4v) is 3.31. The SMILES string of the molecule is CCOc1ccc(C(C)(C)C)cc1C(CC)CC1CC1C(=O)O.